The Bertz CT molecular complexity index is 4140. The molecule has 0 N–H and O–H groups in total. The van der Waals surface area contributed by atoms with Crippen LogP contribution in [0.3, 0.4) is 0 Å². The lowest BCUT2D eigenvalue weighted by Gasteiger charge is -2.42. The first-order valence-corrected chi connectivity index (χ1v) is 24.1. The Morgan fingerprint density at radius 1 is 0.561 bits per heavy atom. The summed E-state index contributed by atoms with van der Waals surface area (Å²) in [6, 6.07) is 64.2. The first-order chi connectivity index (χ1) is 32.1. The Balaban J connectivity index is 1.19. The van der Waals surface area contributed by atoms with Crippen molar-refractivity contribution in [1.29, 1.82) is 0 Å². The second-order valence-corrected chi connectivity index (χ2v) is 21.5. The molecular weight excluding hydrogens is 820 g/mol. The standard InChI is InChI=1S/C61H43BN2OS/c1-60(2,3)36-26-27-48-43(29-36)54-55-40-22-10-13-24-51(40)65-59(55)56-44-30-42-39-21-11-14-25-52(39)66-53(42)33-49(44)64(37-19-15-18-35(28-37)34-16-7-6-8-17-34)62-47-31-41-38-20-9-12-23-45(38)61(4,5)46(41)32-50(47)63(48)58(54)57(56)62/h6-33H,1-5H3. The molecule has 312 valence electrons. The van der Waals surface area contributed by atoms with Crippen LogP contribution in [0.4, 0.5) is 11.4 Å². The zero-order valence-electron chi connectivity index (χ0n) is 37.5. The number of para-hydroxylation sites is 1. The molecule has 0 spiro atoms. The van der Waals surface area contributed by atoms with Gasteiger partial charge in [0.2, 0.25) is 0 Å². The smallest absolute Gasteiger partial charge is 0.333 e. The van der Waals surface area contributed by atoms with Gasteiger partial charge in [-0.2, -0.15) is 0 Å². The van der Waals surface area contributed by atoms with E-state index in [1.54, 1.807) is 0 Å². The fraction of sp³-hybridized carbons (Fsp3) is 0.115. The Labute approximate surface area is 387 Å². The number of anilines is 2. The van der Waals surface area contributed by atoms with Gasteiger partial charge >= 0.3 is 6.85 Å². The van der Waals surface area contributed by atoms with Gasteiger partial charge in [0, 0.05) is 75.3 Å². The van der Waals surface area contributed by atoms with E-state index in [1.165, 1.54) is 125 Å². The van der Waals surface area contributed by atoms with E-state index in [4.69, 9.17) is 4.42 Å². The van der Waals surface area contributed by atoms with Crippen molar-refractivity contribution in [2.75, 3.05) is 4.81 Å². The van der Waals surface area contributed by atoms with E-state index in [1.807, 2.05) is 11.3 Å². The molecule has 0 saturated carbocycles. The average Bonchev–Trinajstić information content (AvgIpc) is 4.06. The molecule has 0 saturated heterocycles. The summed E-state index contributed by atoms with van der Waals surface area (Å²) in [4.78, 5) is 2.70. The van der Waals surface area contributed by atoms with Gasteiger partial charge in [0.15, 0.2) is 0 Å². The second kappa shape index (κ2) is 12.5. The fourth-order valence-corrected chi connectivity index (χ4v) is 13.5. The summed E-state index contributed by atoms with van der Waals surface area (Å²) in [6.07, 6.45) is 0. The van der Waals surface area contributed by atoms with Gasteiger partial charge in [0.25, 0.3) is 0 Å². The van der Waals surface area contributed by atoms with E-state index >= 15 is 0 Å². The highest BCUT2D eigenvalue weighted by Crippen LogP contribution is 2.55. The number of benzene rings is 9. The summed E-state index contributed by atoms with van der Waals surface area (Å²) in [6.45, 7) is 11.6. The summed E-state index contributed by atoms with van der Waals surface area (Å²) in [5.41, 5.74) is 22.0. The Morgan fingerprint density at radius 2 is 1.33 bits per heavy atom. The van der Waals surface area contributed by atoms with E-state index in [2.05, 4.69) is 214 Å². The predicted octanol–water partition coefficient (Wildman–Crippen LogP) is 15.6. The molecule has 0 radical (unpaired) electrons. The molecular formula is C61H43BN2OS. The molecule has 5 heteroatoms. The second-order valence-electron chi connectivity index (χ2n) is 20.4. The molecule has 3 aliphatic rings. The highest BCUT2D eigenvalue weighted by atomic mass is 32.1. The van der Waals surface area contributed by atoms with E-state index < -0.39 is 0 Å². The molecule has 0 atom stereocenters. The van der Waals surface area contributed by atoms with Crippen molar-refractivity contribution in [3.63, 3.8) is 0 Å². The molecule has 15 rings (SSSR count). The summed E-state index contributed by atoms with van der Waals surface area (Å²) >= 11 is 1.89. The fourth-order valence-electron chi connectivity index (χ4n) is 12.4. The minimum atomic E-state index is -0.180. The van der Waals surface area contributed by atoms with Crippen LogP contribution >= 0.6 is 11.3 Å². The number of rotatable bonds is 2. The summed E-state index contributed by atoms with van der Waals surface area (Å²) in [7, 11) is 0. The molecule has 0 bridgehead atoms. The molecule has 66 heavy (non-hydrogen) atoms. The molecule has 12 aromatic rings. The molecule has 9 aromatic carbocycles. The summed E-state index contributed by atoms with van der Waals surface area (Å²) in [5, 5.41) is 7.48. The van der Waals surface area contributed by atoms with Gasteiger partial charge < -0.3 is 13.8 Å². The van der Waals surface area contributed by atoms with Crippen molar-refractivity contribution < 1.29 is 4.42 Å². The van der Waals surface area contributed by atoms with Gasteiger partial charge in [-0.15, -0.1) is 11.3 Å². The number of furan rings is 1. The van der Waals surface area contributed by atoms with Crippen LogP contribution < -0.4 is 15.7 Å². The Hall–Kier alpha value is -7.34. The molecule has 2 aliphatic heterocycles. The van der Waals surface area contributed by atoms with Crippen molar-refractivity contribution in [3.8, 4) is 39.1 Å². The maximum absolute atomic E-state index is 7.35. The van der Waals surface area contributed by atoms with Crippen molar-refractivity contribution >= 4 is 104 Å². The van der Waals surface area contributed by atoms with Crippen molar-refractivity contribution in [2.24, 2.45) is 0 Å². The van der Waals surface area contributed by atoms with Gasteiger partial charge in [-0.3, -0.25) is 0 Å². The van der Waals surface area contributed by atoms with Crippen LogP contribution in [-0.4, -0.2) is 11.4 Å². The van der Waals surface area contributed by atoms with Crippen LogP contribution in [0.15, 0.2) is 174 Å². The van der Waals surface area contributed by atoms with Crippen LogP contribution in [0.25, 0.3) is 103 Å². The van der Waals surface area contributed by atoms with Crippen LogP contribution in [0, 0.1) is 0 Å². The first-order valence-electron chi connectivity index (χ1n) is 23.3. The Morgan fingerprint density at radius 3 is 2.20 bits per heavy atom. The zero-order chi connectivity index (χ0) is 44.0. The molecule has 0 amide bonds. The van der Waals surface area contributed by atoms with Gasteiger partial charge in [-0.25, -0.2) is 0 Å². The van der Waals surface area contributed by atoms with E-state index in [9.17, 15) is 0 Å². The monoisotopic (exact) mass is 862 g/mol. The van der Waals surface area contributed by atoms with Crippen molar-refractivity contribution in [1.82, 2.24) is 4.57 Å². The quantitative estimate of drug-likeness (QED) is 0.162. The number of hydrogen-bond donors (Lipinski definition) is 0. The largest absolute Gasteiger partial charge is 0.455 e. The lowest BCUT2D eigenvalue weighted by molar-refractivity contribution is 0.591. The number of fused-ring (bicyclic) bond motifs is 19. The maximum Gasteiger partial charge on any atom is 0.333 e. The molecule has 3 aromatic heterocycles. The van der Waals surface area contributed by atoms with Gasteiger partial charge in [-0.1, -0.05) is 150 Å². The molecule has 5 heterocycles. The Kier molecular flexibility index (Phi) is 7.00. The van der Waals surface area contributed by atoms with Gasteiger partial charge in [-0.05, 0) is 110 Å². The first kappa shape index (κ1) is 36.9. The maximum atomic E-state index is 7.35. The summed E-state index contributed by atoms with van der Waals surface area (Å²) < 4.78 is 12.6. The molecule has 1 aliphatic carbocycles. The number of nitrogens with zero attached hydrogens (tertiary/aromatic N) is 2. The lowest BCUT2D eigenvalue weighted by Crippen LogP contribution is -2.60. The minimum Gasteiger partial charge on any atom is -0.455 e. The lowest BCUT2D eigenvalue weighted by atomic mass is 9.43. The van der Waals surface area contributed by atoms with Crippen LogP contribution in [0.2, 0.25) is 0 Å². The molecule has 0 unspecified atom stereocenters. The van der Waals surface area contributed by atoms with E-state index in [-0.39, 0.29) is 17.7 Å². The topological polar surface area (TPSA) is 21.3 Å². The predicted molar refractivity (Wildman–Crippen MR) is 282 cm³/mol. The van der Waals surface area contributed by atoms with Gasteiger partial charge in [0.05, 0.1) is 11.0 Å². The highest BCUT2D eigenvalue weighted by Gasteiger charge is 2.48. The number of thiophene rings is 1. The third kappa shape index (κ3) is 4.63. The van der Waals surface area contributed by atoms with Crippen molar-refractivity contribution in [3.05, 3.63) is 187 Å². The normalized spacial score (nSPS) is 14.5. The van der Waals surface area contributed by atoms with Crippen molar-refractivity contribution in [2.45, 2.75) is 45.4 Å². The SMILES string of the molecule is CC(C)(C)c1ccc2c(c1)c1c3c(oc4ccccc43)c3c4c1n2-c1cc2c(cc1B4N(c1cccc(-c4ccccc4)c1)c1cc4sc5ccccc5c4cc1-3)-c1ccccc1C2(C)C. The highest BCUT2D eigenvalue weighted by molar-refractivity contribution is 7.25. The number of aromatic nitrogens is 1. The summed E-state index contributed by atoms with van der Waals surface area (Å²) in [5.74, 6) is 0. The zero-order valence-corrected chi connectivity index (χ0v) is 38.3. The molecule has 3 nitrogen and oxygen atoms in total. The van der Waals surface area contributed by atoms with Crippen LogP contribution in [0.5, 0.6) is 0 Å². The minimum absolute atomic E-state index is 0.0418. The number of hydrogen-bond acceptors (Lipinski definition) is 3. The molecule has 0 fully saturated rings. The third-order valence-corrected chi connectivity index (χ3v) is 16.6. The average molecular weight is 863 g/mol. The van der Waals surface area contributed by atoms with Crippen LogP contribution in [0.1, 0.15) is 51.3 Å². The van der Waals surface area contributed by atoms with Gasteiger partial charge in [0.1, 0.15) is 11.2 Å². The van der Waals surface area contributed by atoms with Crippen LogP contribution in [-0.2, 0) is 10.8 Å². The third-order valence-electron chi connectivity index (χ3n) is 15.5. The van der Waals surface area contributed by atoms with E-state index in [0.717, 1.165) is 16.6 Å². The van der Waals surface area contributed by atoms with E-state index in [0.29, 0.717) is 0 Å².